The average Bonchev–Trinajstić information content (AvgIpc) is 3.38. The summed E-state index contributed by atoms with van der Waals surface area (Å²) in [5.41, 5.74) is 0.0722. The number of carbonyl (C=O) groups excluding carboxylic acids is 1. The van der Waals surface area contributed by atoms with Crippen molar-refractivity contribution >= 4 is 5.91 Å². The van der Waals surface area contributed by atoms with Crippen LogP contribution in [0.4, 0.5) is 22.0 Å². The van der Waals surface area contributed by atoms with E-state index in [0.29, 0.717) is 0 Å². The summed E-state index contributed by atoms with van der Waals surface area (Å²) >= 11 is 0. The Morgan fingerprint density at radius 3 is 2.08 bits per heavy atom. The molecule has 0 heterocycles. The van der Waals surface area contributed by atoms with E-state index in [1.54, 1.807) is 0 Å². The average molecular weight is 357 g/mol. The molecule has 8 heteroatoms. The summed E-state index contributed by atoms with van der Waals surface area (Å²) in [7, 11) is 0. The summed E-state index contributed by atoms with van der Waals surface area (Å²) in [6.07, 6.45) is -0.135. The Morgan fingerprint density at radius 1 is 1.00 bits per heavy atom. The highest BCUT2D eigenvalue weighted by molar-refractivity contribution is 5.83. The molecule has 2 aromatic carbocycles. The van der Waals surface area contributed by atoms with E-state index in [1.165, 1.54) is 12.1 Å². The lowest BCUT2D eigenvalue weighted by Gasteiger charge is -2.20. The van der Waals surface area contributed by atoms with E-state index in [2.05, 4.69) is 5.32 Å². The molecule has 0 aliphatic heterocycles. The topological polar surface area (TPSA) is 38.3 Å². The zero-order valence-corrected chi connectivity index (χ0v) is 12.7. The lowest BCUT2D eigenvalue weighted by molar-refractivity contribution is -0.128. The van der Waals surface area contributed by atoms with E-state index in [9.17, 15) is 26.7 Å². The standard InChI is InChI=1S/C17H12F5NO2/c18-9-3-1-8(2-4-9)15(17(24)23-10-5-6-10)25-16-13(21)11(19)7-12(20)14(16)22/h1-4,7,10,15H,5-6H2,(H,23,24). The number of hydrogen-bond donors (Lipinski definition) is 1. The van der Waals surface area contributed by atoms with Crippen molar-refractivity contribution in [2.45, 2.75) is 25.0 Å². The van der Waals surface area contributed by atoms with Gasteiger partial charge in [-0.15, -0.1) is 0 Å². The fraction of sp³-hybridized carbons (Fsp3) is 0.235. The van der Waals surface area contributed by atoms with Gasteiger partial charge in [0, 0.05) is 17.7 Å². The maximum atomic E-state index is 13.8. The normalized spacial score (nSPS) is 14.9. The van der Waals surface area contributed by atoms with Crippen LogP contribution in [0.3, 0.4) is 0 Å². The van der Waals surface area contributed by atoms with Crippen molar-refractivity contribution in [2.24, 2.45) is 0 Å². The number of nitrogens with one attached hydrogen (secondary N) is 1. The maximum absolute atomic E-state index is 13.8. The van der Waals surface area contributed by atoms with Gasteiger partial charge in [-0.05, 0) is 25.0 Å². The van der Waals surface area contributed by atoms with Crippen LogP contribution in [-0.4, -0.2) is 11.9 Å². The van der Waals surface area contributed by atoms with Crippen molar-refractivity contribution in [2.75, 3.05) is 0 Å². The van der Waals surface area contributed by atoms with Gasteiger partial charge in [-0.3, -0.25) is 4.79 Å². The molecule has 1 unspecified atom stereocenters. The molecule has 0 radical (unpaired) electrons. The molecule has 1 fully saturated rings. The lowest BCUT2D eigenvalue weighted by Crippen LogP contribution is -2.34. The number of benzene rings is 2. The van der Waals surface area contributed by atoms with E-state index in [0.717, 1.165) is 25.0 Å². The van der Waals surface area contributed by atoms with Crippen LogP contribution < -0.4 is 10.1 Å². The number of rotatable bonds is 5. The third kappa shape index (κ3) is 3.72. The van der Waals surface area contributed by atoms with Gasteiger partial charge in [0.25, 0.3) is 5.91 Å². The van der Waals surface area contributed by atoms with Gasteiger partial charge < -0.3 is 10.1 Å². The van der Waals surface area contributed by atoms with Gasteiger partial charge in [0.05, 0.1) is 0 Å². The third-order valence-electron chi connectivity index (χ3n) is 3.64. The van der Waals surface area contributed by atoms with Crippen LogP contribution in [0.5, 0.6) is 5.75 Å². The molecule has 0 aromatic heterocycles. The molecule has 0 spiro atoms. The number of hydrogen-bond acceptors (Lipinski definition) is 2. The molecule has 2 aromatic rings. The molecule has 0 bridgehead atoms. The Hall–Kier alpha value is -2.64. The van der Waals surface area contributed by atoms with Gasteiger partial charge in [0.15, 0.2) is 17.4 Å². The smallest absolute Gasteiger partial charge is 0.266 e. The number of carbonyl (C=O) groups is 1. The Balaban J connectivity index is 1.97. The molecule has 0 saturated heterocycles. The van der Waals surface area contributed by atoms with Crippen LogP contribution >= 0.6 is 0 Å². The van der Waals surface area contributed by atoms with Gasteiger partial charge in [0.2, 0.25) is 17.7 Å². The van der Waals surface area contributed by atoms with E-state index < -0.39 is 46.8 Å². The van der Waals surface area contributed by atoms with Crippen molar-refractivity contribution in [3.8, 4) is 5.75 Å². The highest BCUT2D eigenvalue weighted by Gasteiger charge is 2.32. The number of halogens is 5. The molecule has 1 amide bonds. The molecule has 25 heavy (non-hydrogen) atoms. The molecule has 132 valence electrons. The second kappa shape index (κ2) is 6.70. The predicted molar refractivity (Wildman–Crippen MR) is 77.2 cm³/mol. The Kier molecular flexibility index (Phi) is 4.61. The van der Waals surface area contributed by atoms with E-state index in [1.807, 2.05) is 0 Å². The van der Waals surface area contributed by atoms with E-state index in [4.69, 9.17) is 4.74 Å². The minimum absolute atomic E-state index is 0.0364. The van der Waals surface area contributed by atoms with E-state index in [-0.39, 0.29) is 17.7 Å². The molecule has 1 aliphatic rings. The summed E-state index contributed by atoms with van der Waals surface area (Å²) in [5.74, 6) is -9.53. The predicted octanol–water partition coefficient (Wildman–Crippen LogP) is 3.78. The summed E-state index contributed by atoms with van der Waals surface area (Å²) < 4.78 is 72.4. The van der Waals surface area contributed by atoms with Crippen molar-refractivity contribution < 1.29 is 31.5 Å². The summed E-state index contributed by atoms with van der Waals surface area (Å²) in [4.78, 5) is 12.3. The van der Waals surface area contributed by atoms with Crippen LogP contribution in [0.1, 0.15) is 24.5 Å². The maximum Gasteiger partial charge on any atom is 0.266 e. The molecule has 1 saturated carbocycles. The first-order valence-electron chi connectivity index (χ1n) is 7.42. The summed E-state index contributed by atoms with van der Waals surface area (Å²) in [5, 5.41) is 2.57. The van der Waals surface area contributed by atoms with Crippen LogP contribution in [-0.2, 0) is 4.79 Å². The zero-order valence-electron chi connectivity index (χ0n) is 12.7. The molecular formula is C17H12F5NO2. The SMILES string of the molecule is O=C(NC1CC1)C(Oc1c(F)c(F)cc(F)c1F)c1ccc(F)cc1. The lowest BCUT2D eigenvalue weighted by atomic mass is 10.1. The van der Waals surface area contributed by atoms with Crippen molar-refractivity contribution in [1.82, 2.24) is 5.32 Å². The Bertz CT molecular complexity index is 779. The molecule has 3 nitrogen and oxygen atoms in total. The minimum Gasteiger partial charge on any atom is -0.469 e. The highest BCUT2D eigenvalue weighted by atomic mass is 19.2. The van der Waals surface area contributed by atoms with Gasteiger partial charge in [0.1, 0.15) is 5.82 Å². The molecule has 1 aliphatic carbocycles. The first kappa shape index (κ1) is 17.2. The highest BCUT2D eigenvalue weighted by Crippen LogP contribution is 2.31. The summed E-state index contributed by atoms with van der Waals surface area (Å²) in [6, 6.07) is 4.34. The van der Waals surface area contributed by atoms with Crippen molar-refractivity contribution in [3.05, 3.63) is 65.0 Å². The molecular weight excluding hydrogens is 345 g/mol. The molecule has 1 atom stereocenters. The zero-order chi connectivity index (χ0) is 18.1. The quantitative estimate of drug-likeness (QED) is 0.653. The van der Waals surface area contributed by atoms with Crippen LogP contribution in [0, 0.1) is 29.1 Å². The minimum atomic E-state index is -1.76. The Labute approximate surface area is 139 Å². The summed E-state index contributed by atoms with van der Waals surface area (Å²) in [6.45, 7) is 0. The monoisotopic (exact) mass is 357 g/mol. The van der Waals surface area contributed by atoms with Crippen molar-refractivity contribution in [3.63, 3.8) is 0 Å². The second-order valence-electron chi connectivity index (χ2n) is 5.63. The Morgan fingerprint density at radius 2 is 1.56 bits per heavy atom. The fourth-order valence-corrected chi connectivity index (χ4v) is 2.19. The fourth-order valence-electron chi connectivity index (χ4n) is 2.19. The van der Waals surface area contributed by atoms with Crippen LogP contribution in [0.2, 0.25) is 0 Å². The second-order valence-corrected chi connectivity index (χ2v) is 5.63. The third-order valence-corrected chi connectivity index (χ3v) is 3.64. The van der Waals surface area contributed by atoms with Gasteiger partial charge in [-0.25, -0.2) is 13.2 Å². The van der Waals surface area contributed by atoms with Gasteiger partial charge >= 0.3 is 0 Å². The first-order valence-corrected chi connectivity index (χ1v) is 7.42. The number of ether oxygens (including phenoxy) is 1. The number of amides is 1. The molecule has 1 N–H and O–H groups in total. The van der Waals surface area contributed by atoms with Crippen LogP contribution in [0.25, 0.3) is 0 Å². The van der Waals surface area contributed by atoms with Gasteiger partial charge in [-0.2, -0.15) is 8.78 Å². The largest absolute Gasteiger partial charge is 0.469 e. The first-order chi connectivity index (χ1) is 11.9. The molecule has 3 rings (SSSR count). The van der Waals surface area contributed by atoms with Crippen LogP contribution in [0.15, 0.2) is 30.3 Å². The van der Waals surface area contributed by atoms with Crippen molar-refractivity contribution in [1.29, 1.82) is 0 Å². The van der Waals surface area contributed by atoms with E-state index >= 15 is 0 Å². The van der Waals surface area contributed by atoms with Gasteiger partial charge in [-0.1, -0.05) is 12.1 Å².